The summed E-state index contributed by atoms with van der Waals surface area (Å²) in [5.74, 6) is 0.181. The van der Waals surface area contributed by atoms with Crippen molar-refractivity contribution in [2.75, 3.05) is 7.11 Å². The minimum atomic E-state index is -0.0626. The van der Waals surface area contributed by atoms with Gasteiger partial charge >= 0.3 is 5.97 Å². The molecule has 3 unspecified atom stereocenters. The molecule has 0 spiro atoms. The number of rotatable bonds is 3. The zero-order chi connectivity index (χ0) is 15.0. The molecule has 3 nitrogen and oxygen atoms in total. The first kappa shape index (κ1) is 15.3. The van der Waals surface area contributed by atoms with E-state index < -0.39 is 0 Å². The molecule has 1 aromatic carbocycles. The number of carbonyl (C=O) groups excluding carboxylic acids is 1. The Labute approximate surface area is 140 Å². The Balaban J connectivity index is 1.94. The maximum absolute atomic E-state index is 12.3. The number of ether oxygens (including phenoxy) is 1. The van der Waals surface area contributed by atoms with Crippen LogP contribution in [0.15, 0.2) is 18.2 Å². The summed E-state index contributed by atoms with van der Waals surface area (Å²) in [6, 6.07) is 7.54. The lowest BCUT2D eigenvalue weighted by Gasteiger charge is -2.36. The molecule has 0 saturated carbocycles. The number of carbonyl (C=O) groups is 1. The first-order chi connectivity index (χ1) is 10.1. The molecule has 2 saturated heterocycles. The van der Waals surface area contributed by atoms with E-state index in [9.17, 15) is 4.79 Å². The van der Waals surface area contributed by atoms with Gasteiger partial charge < -0.3 is 10.1 Å². The number of benzene rings is 1. The van der Waals surface area contributed by atoms with Gasteiger partial charge in [0.2, 0.25) is 0 Å². The molecular formula is C17H22INO2. The van der Waals surface area contributed by atoms with Crippen LogP contribution in [0.4, 0.5) is 0 Å². The van der Waals surface area contributed by atoms with Crippen molar-refractivity contribution in [2.45, 2.75) is 50.6 Å². The van der Waals surface area contributed by atoms with Gasteiger partial charge in [-0.1, -0.05) is 19.1 Å². The molecule has 3 rings (SSSR count). The van der Waals surface area contributed by atoms with Gasteiger partial charge in [0.15, 0.2) is 0 Å². The second-order valence-electron chi connectivity index (χ2n) is 6.14. The third-order valence-corrected chi connectivity index (χ3v) is 6.05. The molecule has 2 aliphatic rings. The highest BCUT2D eigenvalue weighted by molar-refractivity contribution is 14.1. The number of hydrogen-bond donors (Lipinski definition) is 1. The van der Waals surface area contributed by atoms with Crippen molar-refractivity contribution < 1.29 is 9.53 Å². The molecule has 2 fully saturated rings. The van der Waals surface area contributed by atoms with E-state index in [1.165, 1.54) is 28.2 Å². The normalized spacial score (nSPS) is 31.2. The number of fused-ring (bicyclic) bond motifs is 2. The number of hydrogen-bond acceptors (Lipinski definition) is 3. The molecule has 2 aliphatic heterocycles. The van der Waals surface area contributed by atoms with Crippen molar-refractivity contribution in [3.8, 4) is 0 Å². The standard InChI is InChI=1S/C17H22INO2/c1-3-10-4-5-11(8-14(10)18)13-9-12-6-7-15(19-12)16(13)17(20)21-2/h4-5,8,12-13,15-16,19H,3,6-7,9H2,1-2H3/t12-,13?,15?,16?/m1/s1. The minimum Gasteiger partial charge on any atom is -0.469 e. The van der Waals surface area contributed by atoms with Gasteiger partial charge in [0.25, 0.3) is 0 Å². The van der Waals surface area contributed by atoms with E-state index >= 15 is 0 Å². The van der Waals surface area contributed by atoms with Crippen LogP contribution in [0.1, 0.15) is 43.2 Å². The average molecular weight is 399 g/mol. The number of halogens is 1. The molecule has 0 amide bonds. The quantitative estimate of drug-likeness (QED) is 0.627. The van der Waals surface area contributed by atoms with Gasteiger partial charge in [-0.2, -0.15) is 0 Å². The Hall–Kier alpha value is -0.620. The zero-order valence-electron chi connectivity index (χ0n) is 12.6. The molecule has 0 aromatic heterocycles. The van der Waals surface area contributed by atoms with Gasteiger partial charge in [-0.05, 0) is 65.5 Å². The maximum Gasteiger partial charge on any atom is 0.310 e. The summed E-state index contributed by atoms with van der Waals surface area (Å²) in [6.45, 7) is 2.18. The summed E-state index contributed by atoms with van der Waals surface area (Å²) < 4.78 is 6.39. The van der Waals surface area contributed by atoms with Crippen LogP contribution in [-0.4, -0.2) is 25.2 Å². The molecule has 2 heterocycles. The van der Waals surface area contributed by atoms with Crippen LogP contribution in [0.25, 0.3) is 0 Å². The lowest BCUT2D eigenvalue weighted by atomic mass is 9.77. The molecule has 0 aliphatic carbocycles. The molecule has 2 bridgehead atoms. The van der Waals surface area contributed by atoms with Crippen molar-refractivity contribution in [1.29, 1.82) is 0 Å². The van der Waals surface area contributed by atoms with E-state index in [1.54, 1.807) is 0 Å². The van der Waals surface area contributed by atoms with Gasteiger partial charge in [0, 0.05) is 21.6 Å². The molecule has 114 valence electrons. The fourth-order valence-corrected chi connectivity index (χ4v) is 4.86. The fourth-order valence-electron chi connectivity index (χ4n) is 3.94. The summed E-state index contributed by atoms with van der Waals surface area (Å²) in [4.78, 5) is 12.3. The van der Waals surface area contributed by atoms with Crippen LogP contribution < -0.4 is 5.32 Å². The predicted molar refractivity (Wildman–Crippen MR) is 91.3 cm³/mol. The van der Waals surface area contributed by atoms with Gasteiger partial charge in [-0.3, -0.25) is 4.79 Å². The highest BCUT2D eigenvalue weighted by Crippen LogP contribution is 2.42. The van der Waals surface area contributed by atoms with Gasteiger partial charge in [0.1, 0.15) is 0 Å². The number of esters is 1. The van der Waals surface area contributed by atoms with Crippen LogP contribution in [0, 0.1) is 9.49 Å². The van der Waals surface area contributed by atoms with Crippen molar-refractivity contribution >= 4 is 28.6 Å². The summed E-state index contributed by atoms with van der Waals surface area (Å²) in [5, 5.41) is 3.59. The van der Waals surface area contributed by atoms with Gasteiger partial charge in [0.05, 0.1) is 13.0 Å². The SMILES string of the molecule is CCc1ccc(C2C[C@H]3CCC(N3)C2C(=O)OC)cc1I. The van der Waals surface area contributed by atoms with E-state index in [1.807, 2.05) is 0 Å². The monoisotopic (exact) mass is 399 g/mol. The molecule has 0 radical (unpaired) electrons. The van der Waals surface area contributed by atoms with Crippen LogP contribution in [-0.2, 0) is 16.0 Å². The van der Waals surface area contributed by atoms with E-state index in [2.05, 4.69) is 53.0 Å². The smallest absolute Gasteiger partial charge is 0.310 e. The third-order valence-electron chi connectivity index (χ3n) is 5.04. The molecular weight excluding hydrogens is 377 g/mol. The van der Waals surface area contributed by atoms with Crippen molar-refractivity contribution in [1.82, 2.24) is 5.32 Å². The highest BCUT2D eigenvalue weighted by atomic mass is 127. The second-order valence-corrected chi connectivity index (χ2v) is 7.31. The highest BCUT2D eigenvalue weighted by Gasteiger charge is 2.46. The molecule has 21 heavy (non-hydrogen) atoms. The third kappa shape index (κ3) is 2.84. The topological polar surface area (TPSA) is 38.3 Å². The van der Waals surface area contributed by atoms with Crippen LogP contribution in [0.3, 0.4) is 0 Å². The number of nitrogens with one attached hydrogen (secondary N) is 1. The van der Waals surface area contributed by atoms with E-state index in [0.29, 0.717) is 6.04 Å². The van der Waals surface area contributed by atoms with Crippen molar-refractivity contribution in [3.05, 3.63) is 32.9 Å². The molecule has 4 heteroatoms. The lowest BCUT2D eigenvalue weighted by molar-refractivity contribution is -0.148. The summed E-state index contributed by atoms with van der Waals surface area (Å²) in [7, 11) is 1.50. The zero-order valence-corrected chi connectivity index (χ0v) is 14.7. The largest absolute Gasteiger partial charge is 0.469 e. The fraction of sp³-hybridized carbons (Fsp3) is 0.588. The number of methoxy groups -OCH3 is 1. The maximum atomic E-state index is 12.3. The summed E-state index contributed by atoms with van der Waals surface area (Å²) >= 11 is 2.41. The Bertz CT molecular complexity index is 546. The Morgan fingerprint density at radius 3 is 2.90 bits per heavy atom. The van der Waals surface area contributed by atoms with E-state index in [4.69, 9.17) is 4.74 Å². The van der Waals surface area contributed by atoms with Crippen molar-refractivity contribution in [2.24, 2.45) is 5.92 Å². The molecule has 1 N–H and O–H groups in total. The average Bonchev–Trinajstić information content (AvgIpc) is 2.87. The van der Waals surface area contributed by atoms with Crippen LogP contribution in [0.5, 0.6) is 0 Å². The van der Waals surface area contributed by atoms with E-state index in [-0.39, 0.29) is 23.8 Å². The Kier molecular flexibility index (Phi) is 4.54. The van der Waals surface area contributed by atoms with Crippen LogP contribution in [0.2, 0.25) is 0 Å². The van der Waals surface area contributed by atoms with E-state index in [0.717, 1.165) is 19.3 Å². The molecule has 1 aromatic rings. The van der Waals surface area contributed by atoms with Gasteiger partial charge in [-0.15, -0.1) is 0 Å². The Morgan fingerprint density at radius 2 is 2.24 bits per heavy atom. The van der Waals surface area contributed by atoms with Crippen LogP contribution >= 0.6 is 22.6 Å². The first-order valence-corrected chi connectivity index (χ1v) is 8.84. The minimum absolute atomic E-state index is 0.0444. The molecule has 4 atom stereocenters. The summed E-state index contributed by atoms with van der Waals surface area (Å²) in [6.07, 6.45) is 4.36. The number of piperidine rings is 1. The van der Waals surface area contributed by atoms with Gasteiger partial charge in [-0.25, -0.2) is 0 Å². The Morgan fingerprint density at radius 1 is 1.43 bits per heavy atom. The predicted octanol–water partition coefficient (Wildman–Crippen LogP) is 3.25. The van der Waals surface area contributed by atoms with Crippen molar-refractivity contribution in [3.63, 3.8) is 0 Å². The summed E-state index contributed by atoms with van der Waals surface area (Å²) in [5.41, 5.74) is 2.68. The first-order valence-electron chi connectivity index (χ1n) is 7.76. The lowest BCUT2D eigenvalue weighted by Crippen LogP contribution is -2.48. The number of aryl methyl sites for hydroxylation is 1. The second kappa shape index (κ2) is 6.24.